The first-order valence-electron chi connectivity index (χ1n) is 10.0. The molecule has 1 amide bonds. The van der Waals surface area contributed by atoms with E-state index in [0.717, 1.165) is 22.2 Å². The van der Waals surface area contributed by atoms with Crippen molar-refractivity contribution in [1.82, 2.24) is 9.78 Å². The zero-order chi connectivity index (χ0) is 21.8. The van der Waals surface area contributed by atoms with E-state index in [-0.39, 0.29) is 12.3 Å². The molecule has 0 radical (unpaired) electrons. The molecule has 0 aliphatic rings. The smallest absolute Gasteiger partial charge is 0.339 e. The molecule has 0 unspecified atom stereocenters. The van der Waals surface area contributed by atoms with E-state index in [1.807, 2.05) is 55.6 Å². The average Bonchev–Trinajstić information content (AvgIpc) is 3.27. The highest BCUT2D eigenvalue weighted by Crippen LogP contribution is 2.24. The number of fused-ring (bicyclic) bond motifs is 1. The molecule has 2 heterocycles. The van der Waals surface area contributed by atoms with Crippen molar-refractivity contribution in [3.05, 3.63) is 88.0 Å². The average molecular weight is 417 g/mol. The Hall–Kier alpha value is -3.87. The van der Waals surface area contributed by atoms with Crippen molar-refractivity contribution < 1.29 is 13.9 Å². The van der Waals surface area contributed by atoms with Crippen molar-refractivity contribution in [3.8, 4) is 5.75 Å². The summed E-state index contributed by atoms with van der Waals surface area (Å²) < 4.78 is 12.5. The summed E-state index contributed by atoms with van der Waals surface area (Å²) in [5, 5.41) is 8.00. The second-order valence-corrected chi connectivity index (χ2v) is 7.26. The quantitative estimate of drug-likeness (QED) is 0.461. The number of aryl methyl sites for hydroxylation is 1. The number of para-hydroxylation sites is 1. The molecule has 0 aliphatic carbocycles. The lowest BCUT2D eigenvalue weighted by Crippen LogP contribution is -2.17. The van der Waals surface area contributed by atoms with E-state index in [4.69, 9.17) is 9.15 Å². The number of anilines is 1. The van der Waals surface area contributed by atoms with Crippen molar-refractivity contribution in [3.63, 3.8) is 0 Å². The highest BCUT2D eigenvalue weighted by atomic mass is 16.5. The van der Waals surface area contributed by atoms with E-state index in [9.17, 15) is 9.59 Å². The van der Waals surface area contributed by atoms with Crippen LogP contribution in [0.15, 0.2) is 70.1 Å². The van der Waals surface area contributed by atoms with Gasteiger partial charge in [-0.25, -0.2) is 4.79 Å². The number of carbonyl (C=O) groups excluding carboxylic acids is 1. The van der Waals surface area contributed by atoms with E-state index in [1.165, 1.54) is 0 Å². The van der Waals surface area contributed by atoms with Gasteiger partial charge >= 0.3 is 5.63 Å². The van der Waals surface area contributed by atoms with E-state index < -0.39 is 5.63 Å². The van der Waals surface area contributed by atoms with E-state index >= 15 is 0 Å². The number of rotatable bonds is 7. The van der Waals surface area contributed by atoms with Crippen molar-refractivity contribution in [1.29, 1.82) is 0 Å². The van der Waals surface area contributed by atoms with Gasteiger partial charge in [-0.05, 0) is 48.7 Å². The Labute approximate surface area is 179 Å². The Balaban J connectivity index is 1.48. The molecule has 158 valence electrons. The number of benzene rings is 2. The summed E-state index contributed by atoms with van der Waals surface area (Å²) in [7, 11) is 1.56. The molecule has 0 bridgehead atoms. The number of methoxy groups -OCH3 is 1. The minimum atomic E-state index is -0.426. The Morgan fingerprint density at radius 3 is 2.81 bits per heavy atom. The predicted molar refractivity (Wildman–Crippen MR) is 118 cm³/mol. The predicted octanol–water partition coefficient (Wildman–Crippen LogP) is 3.93. The maximum Gasteiger partial charge on any atom is 0.339 e. The summed E-state index contributed by atoms with van der Waals surface area (Å²) >= 11 is 0. The van der Waals surface area contributed by atoms with E-state index in [1.54, 1.807) is 24.1 Å². The molecule has 0 saturated heterocycles. The van der Waals surface area contributed by atoms with Crippen LogP contribution in [-0.4, -0.2) is 22.8 Å². The summed E-state index contributed by atoms with van der Waals surface area (Å²) in [6, 6.07) is 14.8. The summed E-state index contributed by atoms with van der Waals surface area (Å²) in [6.07, 6.45) is 4.05. The molecule has 4 aromatic rings. The second-order valence-electron chi connectivity index (χ2n) is 7.26. The van der Waals surface area contributed by atoms with Crippen molar-refractivity contribution >= 4 is 22.6 Å². The van der Waals surface area contributed by atoms with Gasteiger partial charge in [-0.1, -0.05) is 18.2 Å². The largest absolute Gasteiger partial charge is 0.497 e. The first kappa shape index (κ1) is 20.4. The van der Waals surface area contributed by atoms with Gasteiger partial charge in [0.1, 0.15) is 11.3 Å². The summed E-state index contributed by atoms with van der Waals surface area (Å²) in [5.41, 5.74) is 3.07. The SMILES string of the molecule is COc1ccc2c(C)c(CCC(=O)Nc3ccccc3Cn3cccn3)c(=O)oc2c1. The minimum Gasteiger partial charge on any atom is -0.497 e. The van der Waals surface area contributed by atoms with Gasteiger partial charge in [-0.2, -0.15) is 5.10 Å². The van der Waals surface area contributed by atoms with Gasteiger partial charge in [-0.15, -0.1) is 0 Å². The Morgan fingerprint density at radius 2 is 2.03 bits per heavy atom. The normalized spacial score (nSPS) is 10.9. The third-order valence-electron chi connectivity index (χ3n) is 5.28. The number of ether oxygens (including phenoxy) is 1. The molecule has 2 aromatic carbocycles. The molecule has 0 aliphatic heterocycles. The van der Waals surface area contributed by atoms with E-state index in [2.05, 4.69) is 10.4 Å². The molecule has 4 rings (SSSR count). The number of hydrogen-bond donors (Lipinski definition) is 1. The molecule has 1 N–H and O–H groups in total. The lowest BCUT2D eigenvalue weighted by molar-refractivity contribution is -0.116. The van der Waals surface area contributed by atoms with Crippen LogP contribution in [0.5, 0.6) is 5.75 Å². The van der Waals surface area contributed by atoms with Crippen LogP contribution < -0.4 is 15.7 Å². The van der Waals surface area contributed by atoms with E-state index in [0.29, 0.717) is 29.9 Å². The molecular formula is C24H23N3O4. The third kappa shape index (κ3) is 4.50. The van der Waals surface area contributed by atoms with Crippen LogP contribution in [0.1, 0.15) is 23.1 Å². The Bertz CT molecular complexity index is 1280. The zero-order valence-electron chi connectivity index (χ0n) is 17.4. The van der Waals surface area contributed by atoms with Crippen molar-refractivity contribution in [2.45, 2.75) is 26.3 Å². The van der Waals surface area contributed by atoms with Crippen LogP contribution in [0.4, 0.5) is 5.69 Å². The molecule has 7 heteroatoms. The molecule has 2 aromatic heterocycles. The number of nitrogens with zero attached hydrogens (tertiary/aromatic N) is 2. The van der Waals surface area contributed by atoms with Crippen LogP contribution >= 0.6 is 0 Å². The molecule has 7 nitrogen and oxygen atoms in total. The maximum absolute atomic E-state index is 12.6. The first-order chi connectivity index (χ1) is 15.0. The topological polar surface area (TPSA) is 86.4 Å². The number of aromatic nitrogens is 2. The molecular weight excluding hydrogens is 394 g/mol. The van der Waals surface area contributed by atoms with Gasteiger partial charge in [0.05, 0.1) is 13.7 Å². The molecule has 0 saturated carbocycles. The van der Waals surface area contributed by atoms with Crippen molar-refractivity contribution in [2.75, 3.05) is 12.4 Å². The second kappa shape index (κ2) is 8.87. The fourth-order valence-corrected chi connectivity index (χ4v) is 3.59. The molecule has 0 fully saturated rings. The lowest BCUT2D eigenvalue weighted by atomic mass is 10.0. The van der Waals surface area contributed by atoms with Gasteiger partial charge in [0.2, 0.25) is 5.91 Å². The number of amides is 1. The molecule has 0 atom stereocenters. The third-order valence-corrected chi connectivity index (χ3v) is 5.28. The summed E-state index contributed by atoms with van der Waals surface area (Å²) in [6.45, 7) is 2.43. The number of hydrogen-bond acceptors (Lipinski definition) is 5. The summed E-state index contributed by atoms with van der Waals surface area (Å²) in [4.78, 5) is 25.1. The fourth-order valence-electron chi connectivity index (χ4n) is 3.59. The minimum absolute atomic E-state index is 0.165. The van der Waals surface area contributed by atoms with Crippen LogP contribution in [0.3, 0.4) is 0 Å². The van der Waals surface area contributed by atoms with Crippen LogP contribution in [0.25, 0.3) is 11.0 Å². The molecule has 31 heavy (non-hydrogen) atoms. The molecule has 0 spiro atoms. The lowest BCUT2D eigenvalue weighted by Gasteiger charge is -2.12. The van der Waals surface area contributed by atoms with Crippen LogP contribution in [-0.2, 0) is 17.8 Å². The van der Waals surface area contributed by atoms with Gasteiger partial charge < -0.3 is 14.5 Å². The number of nitrogens with one attached hydrogen (secondary N) is 1. The van der Waals surface area contributed by atoms with Crippen molar-refractivity contribution in [2.24, 2.45) is 0 Å². The monoisotopic (exact) mass is 417 g/mol. The van der Waals surface area contributed by atoms with Crippen LogP contribution in [0, 0.1) is 6.92 Å². The van der Waals surface area contributed by atoms with Gasteiger partial charge in [0.15, 0.2) is 0 Å². The Kier molecular flexibility index (Phi) is 5.84. The van der Waals surface area contributed by atoms with Gasteiger partial charge in [0, 0.05) is 41.5 Å². The standard InChI is InChI=1S/C24H23N3O4/c1-16-19-9-8-18(30-2)14-22(19)31-24(29)20(16)10-11-23(28)26-21-7-4-3-6-17(21)15-27-13-5-12-25-27/h3-9,12-14H,10-11,15H2,1-2H3,(H,26,28). The highest BCUT2D eigenvalue weighted by molar-refractivity contribution is 5.91. The fraction of sp³-hybridized carbons (Fsp3) is 0.208. The zero-order valence-corrected chi connectivity index (χ0v) is 17.4. The summed E-state index contributed by atoms with van der Waals surface area (Å²) in [5.74, 6) is 0.456. The maximum atomic E-state index is 12.6. The van der Waals surface area contributed by atoms with Gasteiger partial charge in [-0.3, -0.25) is 9.48 Å². The van der Waals surface area contributed by atoms with Gasteiger partial charge in [0.25, 0.3) is 0 Å². The first-order valence-corrected chi connectivity index (χ1v) is 10.0. The Morgan fingerprint density at radius 1 is 1.19 bits per heavy atom. The highest BCUT2D eigenvalue weighted by Gasteiger charge is 2.14. The number of carbonyl (C=O) groups is 1. The van der Waals surface area contributed by atoms with Crippen LogP contribution in [0.2, 0.25) is 0 Å².